The third-order valence-corrected chi connectivity index (χ3v) is 2.71. The average Bonchev–Trinajstić information content (AvgIpc) is 2.19. The van der Waals surface area contributed by atoms with E-state index in [4.69, 9.17) is 17.3 Å². The summed E-state index contributed by atoms with van der Waals surface area (Å²) in [6.45, 7) is 4.42. The van der Waals surface area contributed by atoms with E-state index in [0.717, 1.165) is 19.4 Å². The predicted molar refractivity (Wildman–Crippen MR) is 67.5 cm³/mol. The molecule has 16 heavy (non-hydrogen) atoms. The summed E-state index contributed by atoms with van der Waals surface area (Å²) in [5.74, 6) is -0.237. The SMILES string of the molecule is Cc1cc(Cl)c(NCCCC(C)N)cc1F. The molecule has 0 heterocycles. The highest BCUT2D eigenvalue weighted by Gasteiger charge is 2.05. The molecule has 1 unspecified atom stereocenters. The second kappa shape index (κ2) is 6.06. The van der Waals surface area contributed by atoms with Crippen LogP contribution in [0, 0.1) is 12.7 Å². The van der Waals surface area contributed by atoms with Crippen molar-refractivity contribution >= 4 is 17.3 Å². The quantitative estimate of drug-likeness (QED) is 0.780. The van der Waals surface area contributed by atoms with Gasteiger partial charge in [-0.2, -0.15) is 0 Å². The molecule has 0 radical (unpaired) electrons. The van der Waals surface area contributed by atoms with Crippen molar-refractivity contribution in [3.63, 3.8) is 0 Å². The second-order valence-corrected chi connectivity index (χ2v) is 4.53. The van der Waals surface area contributed by atoms with Crippen LogP contribution in [-0.2, 0) is 0 Å². The molecule has 3 N–H and O–H groups in total. The van der Waals surface area contributed by atoms with Crippen LogP contribution in [0.15, 0.2) is 12.1 Å². The normalized spacial score (nSPS) is 12.6. The summed E-state index contributed by atoms with van der Waals surface area (Å²) in [4.78, 5) is 0. The number of rotatable bonds is 5. The molecule has 0 aromatic heterocycles. The molecule has 1 aromatic carbocycles. The first-order valence-electron chi connectivity index (χ1n) is 5.46. The Morgan fingerprint density at radius 1 is 1.50 bits per heavy atom. The molecule has 0 spiro atoms. The highest BCUT2D eigenvalue weighted by molar-refractivity contribution is 6.33. The second-order valence-electron chi connectivity index (χ2n) is 4.13. The zero-order valence-electron chi connectivity index (χ0n) is 9.69. The summed E-state index contributed by atoms with van der Waals surface area (Å²) in [7, 11) is 0. The Bertz CT molecular complexity index is 353. The van der Waals surface area contributed by atoms with E-state index in [1.165, 1.54) is 6.07 Å². The van der Waals surface area contributed by atoms with Gasteiger partial charge < -0.3 is 11.1 Å². The van der Waals surface area contributed by atoms with Gasteiger partial charge in [0.05, 0.1) is 10.7 Å². The van der Waals surface area contributed by atoms with Gasteiger partial charge in [-0.1, -0.05) is 11.6 Å². The van der Waals surface area contributed by atoms with Crippen molar-refractivity contribution in [1.29, 1.82) is 0 Å². The summed E-state index contributed by atoms with van der Waals surface area (Å²) in [5.41, 5.74) is 6.84. The standard InChI is InChI=1S/C12H18ClFN2/c1-8-6-10(13)12(7-11(8)14)16-5-3-4-9(2)15/h6-7,9,16H,3-5,15H2,1-2H3. The van der Waals surface area contributed by atoms with Crippen LogP contribution in [0.2, 0.25) is 5.02 Å². The van der Waals surface area contributed by atoms with Crippen LogP contribution >= 0.6 is 11.6 Å². The zero-order valence-corrected chi connectivity index (χ0v) is 10.4. The molecule has 1 aromatic rings. The zero-order chi connectivity index (χ0) is 12.1. The number of hydrogen-bond acceptors (Lipinski definition) is 2. The Labute approximate surface area is 101 Å². The summed E-state index contributed by atoms with van der Waals surface area (Å²) >= 11 is 5.99. The first kappa shape index (κ1) is 13.3. The van der Waals surface area contributed by atoms with Gasteiger partial charge in [0.15, 0.2) is 0 Å². The van der Waals surface area contributed by atoms with Crippen molar-refractivity contribution in [2.75, 3.05) is 11.9 Å². The monoisotopic (exact) mass is 244 g/mol. The third-order valence-electron chi connectivity index (χ3n) is 2.40. The van der Waals surface area contributed by atoms with Gasteiger partial charge in [-0.15, -0.1) is 0 Å². The van der Waals surface area contributed by atoms with Gasteiger partial charge >= 0.3 is 0 Å². The molecule has 90 valence electrons. The van der Waals surface area contributed by atoms with Crippen molar-refractivity contribution in [2.24, 2.45) is 5.73 Å². The van der Waals surface area contributed by atoms with Crippen molar-refractivity contribution in [3.8, 4) is 0 Å². The highest BCUT2D eigenvalue weighted by atomic mass is 35.5. The maximum Gasteiger partial charge on any atom is 0.128 e. The molecule has 0 fully saturated rings. The molecule has 0 amide bonds. The number of benzene rings is 1. The Balaban J connectivity index is 2.51. The van der Waals surface area contributed by atoms with Gasteiger partial charge in [0.25, 0.3) is 0 Å². The molecule has 1 rings (SSSR count). The van der Waals surface area contributed by atoms with Crippen LogP contribution in [0.1, 0.15) is 25.3 Å². The summed E-state index contributed by atoms with van der Waals surface area (Å²) in [6, 6.07) is 3.26. The van der Waals surface area contributed by atoms with Crippen molar-refractivity contribution in [3.05, 3.63) is 28.5 Å². The van der Waals surface area contributed by atoms with Crippen LogP contribution in [-0.4, -0.2) is 12.6 Å². The molecule has 0 aliphatic rings. The Morgan fingerprint density at radius 2 is 2.19 bits per heavy atom. The summed E-state index contributed by atoms with van der Waals surface area (Å²) < 4.78 is 13.3. The molecular formula is C12H18ClFN2. The van der Waals surface area contributed by atoms with Gasteiger partial charge in [0.2, 0.25) is 0 Å². The van der Waals surface area contributed by atoms with Gasteiger partial charge in [0, 0.05) is 12.6 Å². The van der Waals surface area contributed by atoms with Crippen molar-refractivity contribution < 1.29 is 4.39 Å². The van der Waals surface area contributed by atoms with Crippen LogP contribution in [0.25, 0.3) is 0 Å². The van der Waals surface area contributed by atoms with Gasteiger partial charge in [-0.25, -0.2) is 4.39 Å². The molecule has 2 nitrogen and oxygen atoms in total. The predicted octanol–water partition coefficient (Wildman–Crippen LogP) is 3.33. The molecular weight excluding hydrogens is 227 g/mol. The maximum absolute atomic E-state index is 13.3. The minimum Gasteiger partial charge on any atom is -0.384 e. The van der Waals surface area contributed by atoms with E-state index >= 15 is 0 Å². The van der Waals surface area contributed by atoms with E-state index in [2.05, 4.69) is 5.32 Å². The minimum absolute atomic E-state index is 0.201. The van der Waals surface area contributed by atoms with Gasteiger partial charge in [-0.3, -0.25) is 0 Å². The minimum atomic E-state index is -0.237. The molecule has 0 saturated carbocycles. The van der Waals surface area contributed by atoms with E-state index in [9.17, 15) is 4.39 Å². The van der Waals surface area contributed by atoms with Gasteiger partial charge in [0.1, 0.15) is 5.82 Å². The largest absolute Gasteiger partial charge is 0.384 e. The van der Waals surface area contributed by atoms with E-state index < -0.39 is 0 Å². The molecule has 4 heteroatoms. The highest BCUT2D eigenvalue weighted by Crippen LogP contribution is 2.25. The van der Waals surface area contributed by atoms with Crippen LogP contribution in [0.5, 0.6) is 0 Å². The van der Waals surface area contributed by atoms with Gasteiger partial charge in [-0.05, 0) is 44.4 Å². The van der Waals surface area contributed by atoms with E-state index in [1.807, 2.05) is 6.92 Å². The van der Waals surface area contributed by atoms with Crippen LogP contribution in [0.3, 0.4) is 0 Å². The lowest BCUT2D eigenvalue weighted by atomic mass is 10.2. The lowest BCUT2D eigenvalue weighted by Crippen LogP contribution is -2.16. The number of aryl methyl sites for hydroxylation is 1. The van der Waals surface area contributed by atoms with Crippen LogP contribution in [0.4, 0.5) is 10.1 Å². The molecule has 0 bridgehead atoms. The molecule has 0 aliphatic carbocycles. The fraction of sp³-hybridized carbons (Fsp3) is 0.500. The van der Waals surface area contributed by atoms with Crippen LogP contribution < -0.4 is 11.1 Å². The fourth-order valence-corrected chi connectivity index (χ4v) is 1.71. The lowest BCUT2D eigenvalue weighted by Gasteiger charge is -2.10. The molecule has 1 atom stereocenters. The first-order valence-corrected chi connectivity index (χ1v) is 5.83. The average molecular weight is 245 g/mol. The summed E-state index contributed by atoms with van der Waals surface area (Å²) in [5, 5.41) is 3.66. The smallest absolute Gasteiger partial charge is 0.128 e. The van der Waals surface area contributed by atoms with Crippen molar-refractivity contribution in [2.45, 2.75) is 32.7 Å². The van der Waals surface area contributed by atoms with E-state index in [1.54, 1.807) is 13.0 Å². The number of nitrogens with one attached hydrogen (secondary N) is 1. The fourth-order valence-electron chi connectivity index (χ4n) is 1.43. The Hall–Kier alpha value is -0.800. The molecule has 0 aliphatic heterocycles. The van der Waals surface area contributed by atoms with Crippen molar-refractivity contribution in [1.82, 2.24) is 0 Å². The third kappa shape index (κ3) is 3.99. The first-order chi connectivity index (χ1) is 7.50. The van der Waals surface area contributed by atoms with E-state index in [0.29, 0.717) is 16.3 Å². The maximum atomic E-state index is 13.3. The number of hydrogen-bond donors (Lipinski definition) is 2. The Morgan fingerprint density at radius 3 is 2.81 bits per heavy atom. The summed E-state index contributed by atoms with van der Waals surface area (Å²) in [6.07, 6.45) is 1.89. The van der Waals surface area contributed by atoms with E-state index in [-0.39, 0.29) is 11.9 Å². The number of anilines is 1. The topological polar surface area (TPSA) is 38.0 Å². The number of halogens is 2. The lowest BCUT2D eigenvalue weighted by molar-refractivity contribution is 0.618. The molecule has 0 saturated heterocycles. The number of nitrogens with two attached hydrogens (primary N) is 1. The Kier molecular flexibility index (Phi) is 5.03.